The quantitative estimate of drug-likeness (QED) is 0.486. The second kappa shape index (κ2) is 11.9. The number of nitrogens with one attached hydrogen (secondary N) is 2. The molecule has 18 heavy (non-hydrogen) atoms. The lowest BCUT2D eigenvalue weighted by Gasteiger charge is -2.03. The van der Waals surface area contributed by atoms with Crippen LogP contribution in [-0.4, -0.2) is 24.9 Å². The first-order valence-corrected chi connectivity index (χ1v) is 6.46. The summed E-state index contributed by atoms with van der Waals surface area (Å²) >= 11 is 0. The summed E-state index contributed by atoms with van der Waals surface area (Å²) in [4.78, 5) is 22.6. The molecule has 0 saturated carbocycles. The predicted octanol–water partition coefficient (Wildman–Crippen LogP) is 1.93. The lowest BCUT2D eigenvalue weighted by atomic mass is 10.2. The molecular weight excluding hydrogens is 228 g/mol. The smallest absolute Gasteiger partial charge is 0.220 e. The average Bonchev–Trinajstić information content (AvgIpc) is 2.35. The second-order valence-electron chi connectivity index (χ2n) is 3.95. The van der Waals surface area contributed by atoms with Crippen LogP contribution in [0.1, 0.15) is 39.5 Å². The van der Waals surface area contributed by atoms with Gasteiger partial charge in [0.2, 0.25) is 11.8 Å². The van der Waals surface area contributed by atoms with Crippen LogP contribution in [0.5, 0.6) is 0 Å². The third-order valence-electron chi connectivity index (χ3n) is 2.36. The van der Waals surface area contributed by atoms with E-state index in [0.29, 0.717) is 25.9 Å². The molecule has 0 aliphatic heterocycles. The van der Waals surface area contributed by atoms with E-state index in [0.717, 1.165) is 12.8 Å². The molecule has 0 atom stereocenters. The normalized spacial score (nSPS) is 11.0. The number of hydrogen-bond acceptors (Lipinski definition) is 2. The van der Waals surface area contributed by atoms with Crippen molar-refractivity contribution in [1.82, 2.24) is 10.6 Å². The molecule has 0 saturated heterocycles. The zero-order valence-corrected chi connectivity index (χ0v) is 11.4. The highest BCUT2D eigenvalue weighted by atomic mass is 16.2. The average molecular weight is 252 g/mol. The molecule has 2 N–H and O–H groups in total. The van der Waals surface area contributed by atoms with Crippen LogP contribution in [0.25, 0.3) is 0 Å². The van der Waals surface area contributed by atoms with E-state index in [1.54, 1.807) is 0 Å². The van der Waals surface area contributed by atoms with Gasteiger partial charge >= 0.3 is 0 Å². The van der Waals surface area contributed by atoms with Crippen LogP contribution < -0.4 is 10.6 Å². The Bertz CT molecular complexity index is 266. The molecule has 0 fully saturated rings. The van der Waals surface area contributed by atoms with Gasteiger partial charge in [-0.1, -0.05) is 24.3 Å². The van der Waals surface area contributed by atoms with E-state index in [-0.39, 0.29) is 11.8 Å². The third kappa shape index (κ3) is 10.9. The van der Waals surface area contributed by atoms with Crippen molar-refractivity contribution in [3.8, 4) is 0 Å². The van der Waals surface area contributed by atoms with Crippen LogP contribution in [0.3, 0.4) is 0 Å². The van der Waals surface area contributed by atoms with Crippen molar-refractivity contribution >= 4 is 11.8 Å². The molecule has 0 bridgehead atoms. The first-order valence-electron chi connectivity index (χ1n) is 6.46. The maximum absolute atomic E-state index is 11.3. The Morgan fingerprint density at radius 2 is 1.22 bits per heavy atom. The molecule has 102 valence electrons. The van der Waals surface area contributed by atoms with Gasteiger partial charge < -0.3 is 10.6 Å². The third-order valence-corrected chi connectivity index (χ3v) is 2.36. The molecule has 0 aromatic carbocycles. The summed E-state index contributed by atoms with van der Waals surface area (Å²) in [6.45, 7) is 5.00. The largest absolute Gasteiger partial charge is 0.353 e. The summed E-state index contributed by atoms with van der Waals surface area (Å²) in [7, 11) is 0. The minimum atomic E-state index is 0.0439. The highest BCUT2D eigenvalue weighted by Crippen LogP contribution is 1.99. The molecule has 4 nitrogen and oxygen atoms in total. The fourth-order valence-electron chi connectivity index (χ4n) is 1.33. The van der Waals surface area contributed by atoms with E-state index in [2.05, 4.69) is 10.6 Å². The molecule has 0 aromatic heterocycles. The second-order valence-corrected chi connectivity index (χ2v) is 3.95. The Balaban J connectivity index is 3.43. The molecule has 0 radical (unpaired) electrons. The number of carbonyl (C=O) groups is 2. The molecule has 0 spiro atoms. The van der Waals surface area contributed by atoms with Crippen LogP contribution in [0.15, 0.2) is 24.3 Å². The number of allylic oxidation sites excluding steroid dienone is 2. The van der Waals surface area contributed by atoms with Crippen molar-refractivity contribution < 1.29 is 9.59 Å². The van der Waals surface area contributed by atoms with Gasteiger partial charge in [0.05, 0.1) is 0 Å². The van der Waals surface area contributed by atoms with Gasteiger partial charge in [0.15, 0.2) is 0 Å². The van der Waals surface area contributed by atoms with Crippen molar-refractivity contribution in [3.05, 3.63) is 24.3 Å². The minimum Gasteiger partial charge on any atom is -0.353 e. The van der Waals surface area contributed by atoms with Crippen molar-refractivity contribution in [2.45, 2.75) is 39.5 Å². The fraction of sp³-hybridized carbons (Fsp3) is 0.571. The van der Waals surface area contributed by atoms with E-state index < -0.39 is 0 Å². The number of rotatable bonds is 9. The Morgan fingerprint density at radius 3 is 1.56 bits per heavy atom. The predicted molar refractivity (Wildman–Crippen MR) is 74.1 cm³/mol. The van der Waals surface area contributed by atoms with Crippen molar-refractivity contribution in [1.29, 1.82) is 0 Å². The number of hydrogen-bond donors (Lipinski definition) is 2. The van der Waals surface area contributed by atoms with Crippen molar-refractivity contribution in [2.75, 3.05) is 13.1 Å². The molecule has 0 aliphatic rings. The topological polar surface area (TPSA) is 58.2 Å². The molecule has 4 heteroatoms. The molecule has 0 aliphatic carbocycles. The molecule has 0 rings (SSSR count). The monoisotopic (exact) mass is 252 g/mol. The summed E-state index contributed by atoms with van der Waals surface area (Å²) in [5, 5.41) is 5.56. The van der Waals surface area contributed by atoms with Crippen molar-refractivity contribution in [2.24, 2.45) is 0 Å². The first kappa shape index (κ1) is 16.4. The lowest BCUT2D eigenvalue weighted by molar-refractivity contribution is -0.122. The van der Waals surface area contributed by atoms with Crippen LogP contribution >= 0.6 is 0 Å². The van der Waals surface area contributed by atoms with Gasteiger partial charge in [0.1, 0.15) is 0 Å². The van der Waals surface area contributed by atoms with E-state index >= 15 is 0 Å². The summed E-state index contributed by atoms with van der Waals surface area (Å²) in [6, 6.07) is 0. The van der Waals surface area contributed by atoms with Gasteiger partial charge in [-0.2, -0.15) is 0 Å². The number of unbranched alkanes of at least 4 members (excludes halogenated alkanes) is 1. The summed E-state index contributed by atoms with van der Waals surface area (Å²) in [6.07, 6.45) is 10.1. The fourth-order valence-corrected chi connectivity index (χ4v) is 1.33. The maximum atomic E-state index is 11.3. The summed E-state index contributed by atoms with van der Waals surface area (Å²) in [5.41, 5.74) is 0. The Kier molecular flexibility index (Phi) is 10.8. The van der Waals surface area contributed by atoms with Gasteiger partial charge in [-0.15, -0.1) is 0 Å². The van der Waals surface area contributed by atoms with E-state index in [9.17, 15) is 9.59 Å². The van der Waals surface area contributed by atoms with E-state index in [4.69, 9.17) is 0 Å². The zero-order valence-electron chi connectivity index (χ0n) is 11.4. The van der Waals surface area contributed by atoms with E-state index in [1.807, 2.05) is 38.2 Å². The SMILES string of the molecule is CC=CCNC(=O)CCCCC(=O)NCC=CC. The number of amides is 2. The van der Waals surface area contributed by atoms with Gasteiger partial charge in [0, 0.05) is 25.9 Å². The minimum absolute atomic E-state index is 0.0439. The van der Waals surface area contributed by atoms with Gasteiger partial charge in [-0.3, -0.25) is 9.59 Å². The highest BCUT2D eigenvalue weighted by molar-refractivity contribution is 5.77. The molecule has 0 aromatic rings. The standard InChI is InChI=1S/C14H24N2O2/c1-3-5-11-15-13(17)9-7-8-10-14(18)16-12-6-4-2/h3-6H,7-12H2,1-2H3,(H,15,17)(H,16,18). The first-order chi connectivity index (χ1) is 8.70. The van der Waals surface area contributed by atoms with Crippen LogP contribution in [0.2, 0.25) is 0 Å². The summed E-state index contributed by atoms with van der Waals surface area (Å²) in [5.74, 6) is 0.0878. The van der Waals surface area contributed by atoms with Crippen LogP contribution in [0, 0.1) is 0 Å². The zero-order chi connectivity index (χ0) is 13.6. The highest BCUT2D eigenvalue weighted by Gasteiger charge is 2.02. The molecule has 0 unspecified atom stereocenters. The van der Waals surface area contributed by atoms with Crippen LogP contribution in [0.4, 0.5) is 0 Å². The number of carbonyl (C=O) groups excluding carboxylic acids is 2. The Hall–Kier alpha value is -1.58. The van der Waals surface area contributed by atoms with Crippen molar-refractivity contribution in [3.63, 3.8) is 0 Å². The molecule has 0 heterocycles. The van der Waals surface area contributed by atoms with Gasteiger partial charge in [-0.25, -0.2) is 0 Å². The van der Waals surface area contributed by atoms with E-state index in [1.165, 1.54) is 0 Å². The summed E-state index contributed by atoms with van der Waals surface area (Å²) < 4.78 is 0. The molecule has 2 amide bonds. The van der Waals surface area contributed by atoms with Crippen LogP contribution in [-0.2, 0) is 9.59 Å². The van der Waals surface area contributed by atoms with Gasteiger partial charge in [0.25, 0.3) is 0 Å². The Morgan fingerprint density at radius 1 is 0.833 bits per heavy atom. The molecular formula is C14H24N2O2. The maximum Gasteiger partial charge on any atom is 0.220 e. The van der Waals surface area contributed by atoms with Gasteiger partial charge in [-0.05, 0) is 26.7 Å². The lowest BCUT2D eigenvalue weighted by Crippen LogP contribution is -2.24. The Labute approximate surface area is 110 Å².